The molecule has 0 spiro atoms. The fourth-order valence-electron chi connectivity index (χ4n) is 3.65. The van der Waals surface area contributed by atoms with Crippen molar-refractivity contribution in [3.63, 3.8) is 0 Å². The van der Waals surface area contributed by atoms with E-state index in [-0.39, 0.29) is 13.2 Å². The molecule has 1 aliphatic heterocycles. The molecule has 0 aliphatic carbocycles. The zero-order valence-corrected chi connectivity index (χ0v) is 20.1. The third-order valence-electron chi connectivity index (χ3n) is 5.19. The van der Waals surface area contributed by atoms with Gasteiger partial charge in [-0.1, -0.05) is 0 Å². The van der Waals surface area contributed by atoms with Gasteiger partial charge in [0.2, 0.25) is 5.88 Å². The molecular weight excluding hydrogens is 442 g/mol. The van der Waals surface area contributed by atoms with Crippen LogP contribution in [0.5, 0.6) is 5.88 Å². The molecule has 11 heteroatoms. The molecule has 0 radical (unpaired) electrons. The molecule has 2 aromatic rings. The number of fused-ring (bicyclic) bond motifs is 1. The van der Waals surface area contributed by atoms with Crippen LogP contribution < -0.4 is 15.4 Å². The fourth-order valence-corrected chi connectivity index (χ4v) is 3.65. The summed E-state index contributed by atoms with van der Waals surface area (Å²) in [6.07, 6.45) is 1.42. The summed E-state index contributed by atoms with van der Waals surface area (Å²) < 4.78 is 15.8. The first-order valence-corrected chi connectivity index (χ1v) is 11.1. The van der Waals surface area contributed by atoms with Crippen LogP contribution in [0.4, 0.5) is 15.3 Å². The Labute approximate surface area is 198 Å². The third kappa shape index (κ3) is 6.24. The highest BCUT2D eigenvalue weighted by Crippen LogP contribution is 2.24. The van der Waals surface area contributed by atoms with Gasteiger partial charge in [-0.2, -0.15) is 0 Å². The zero-order valence-electron chi connectivity index (χ0n) is 20.1. The molecule has 34 heavy (non-hydrogen) atoms. The average Bonchev–Trinajstić information content (AvgIpc) is 2.78. The minimum Gasteiger partial charge on any atom is -0.481 e. The normalized spacial score (nSPS) is 18.2. The van der Waals surface area contributed by atoms with E-state index in [1.165, 1.54) is 12.0 Å². The summed E-state index contributed by atoms with van der Waals surface area (Å²) in [4.78, 5) is 48.1. The summed E-state index contributed by atoms with van der Waals surface area (Å²) in [5, 5.41) is 5.62. The van der Waals surface area contributed by atoms with Crippen molar-refractivity contribution in [2.75, 3.05) is 32.1 Å². The van der Waals surface area contributed by atoms with E-state index < -0.39 is 35.7 Å². The van der Waals surface area contributed by atoms with Crippen molar-refractivity contribution in [2.45, 2.75) is 45.8 Å². The minimum atomic E-state index is -0.737. The highest BCUT2D eigenvalue weighted by atomic mass is 16.6. The lowest BCUT2D eigenvalue weighted by Crippen LogP contribution is -2.56. The Morgan fingerprint density at radius 3 is 2.65 bits per heavy atom. The van der Waals surface area contributed by atoms with E-state index in [4.69, 9.17) is 14.2 Å². The first-order valence-electron chi connectivity index (χ1n) is 11.1. The predicted molar refractivity (Wildman–Crippen MR) is 125 cm³/mol. The number of anilines is 1. The number of methoxy groups -OCH3 is 1. The van der Waals surface area contributed by atoms with Gasteiger partial charge in [0, 0.05) is 31.4 Å². The lowest BCUT2D eigenvalue weighted by molar-refractivity contribution is -0.150. The number of aromatic nitrogens is 2. The van der Waals surface area contributed by atoms with E-state index in [0.29, 0.717) is 35.6 Å². The molecule has 1 saturated heterocycles. The highest BCUT2D eigenvalue weighted by molar-refractivity contribution is 5.98. The Balaban J connectivity index is 1.73. The van der Waals surface area contributed by atoms with Crippen molar-refractivity contribution < 1.29 is 28.6 Å². The second kappa shape index (κ2) is 10.5. The van der Waals surface area contributed by atoms with E-state index >= 15 is 0 Å². The van der Waals surface area contributed by atoms with Crippen molar-refractivity contribution in [1.82, 2.24) is 20.2 Å². The van der Waals surface area contributed by atoms with Gasteiger partial charge in [-0.15, -0.1) is 0 Å². The Morgan fingerprint density at radius 1 is 1.21 bits per heavy atom. The van der Waals surface area contributed by atoms with Gasteiger partial charge >= 0.3 is 18.1 Å². The largest absolute Gasteiger partial charge is 0.481 e. The second-order valence-electron chi connectivity index (χ2n) is 8.86. The Hall–Kier alpha value is -3.63. The molecule has 3 rings (SSSR count). The third-order valence-corrected chi connectivity index (χ3v) is 5.19. The van der Waals surface area contributed by atoms with E-state index in [9.17, 15) is 14.4 Å². The van der Waals surface area contributed by atoms with Gasteiger partial charge in [-0.3, -0.25) is 9.78 Å². The van der Waals surface area contributed by atoms with Crippen molar-refractivity contribution >= 4 is 34.8 Å². The van der Waals surface area contributed by atoms with Crippen LogP contribution >= 0.6 is 0 Å². The van der Waals surface area contributed by atoms with Crippen molar-refractivity contribution in [3.8, 4) is 5.88 Å². The first kappa shape index (κ1) is 25.0. The zero-order chi connectivity index (χ0) is 24.9. The lowest BCUT2D eigenvalue weighted by atomic mass is 9.92. The molecule has 0 unspecified atom stereocenters. The molecule has 1 aliphatic rings. The maximum absolute atomic E-state index is 12.8. The van der Waals surface area contributed by atoms with Crippen molar-refractivity contribution in [2.24, 2.45) is 5.92 Å². The molecule has 0 aromatic carbocycles. The molecule has 11 nitrogen and oxygen atoms in total. The van der Waals surface area contributed by atoms with Crippen LogP contribution in [0, 0.1) is 5.92 Å². The van der Waals surface area contributed by atoms with Crippen molar-refractivity contribution in [3.05, 3.63) is 24.4 Å². The van der Waals surface area contributed by atoms with Crippen LogP contribution in [-0.4, -0.2) is 71.4 Å². The summed E-state index contributed by atoms with van der Waals surface area (Å²) in [6, 6.07) is 4.01. The van der Waals surface area contributed by atoms with Crippen LogP contribution in [-0.2, 0) is 14.3 Å². The number of carbonyl (C=O) groups is 3. The van der Waals surface area contributed by atoms with Gasteiger partial charge in [0.25, 0.3) is 0 Å². The second-order valence-corrected chi connectivity index (χ2v) is 8.86. The Morgan fingerprint density at radius 2 is 1.97 bits per heavy atom. The van der Waals surface area contributed by atoms with Gasteiger partial charge in [-0.25, -0.2) is 14.6 Å². The summed E-state index contributed by atoms with van der Waals surface area (Å²) >= 11 is 0. The summed E-state index contributed by atoms with van der Waals surface area (Å²) in [7, 11) is 1.50. The van der Waals surface area contributed by atoms with Gasteiger partial charge in [0.05, 0.1) is 30.8 Å². The molecule has 2 N–H and O–H groups in total. The molecule has 3 heterocycles. The average molecular weight is 474 g/mol. The van der Waals surface area contributed by atoms with Gasteiger partial charge in [0.1, 0.15) is 11.1 Å². The first-order chi connectivity index (χ1) is 16.1. The van der Waals surface area contributed by atoms with Gasteiger partial charge in [0.15, 0.2) is 0 Å². The molecule has 3 amide bonds. The van der Waals surface area contributed by atoms with E-state index in [1.54, 1.807) is 52.1 Å². The topological polar surface area (TPSA) is 132 Å². The number of pyridine rings is 2. The Kier molecular flexibility index (Phi) is 7.75. The van der Waals surface area contributed by atoms with Crippen LogP contribution in [0.2, 0.25) is 0 Å². The number of carbonyl (C=O) groups excluding carboxylic acids is 3. The molecule has 2 aromatic heterocycles. The number of esters is 1. The number of likely N-dealkylation sites (tertiary alicyclic amines) is 1. The quantitative estimate of drug-likeness (QED) is 0.634. The molecule has 2 atom stereocenters. The molecule has 184 valence electrons. The molecular formula is C23H31N5O6. The Bertz CT molecular complexity index is 1050. The number of amides is 3. The number of hydrogen-bond donors (Lipinski definition) is 2. The van der Waals surface area contributed by atoms with Crippen LogP contribution in [0.15, 0.2) is 24.4 Å². The van der Waals surface area contributed by atoms with Crippen molar-refractivity contribution in [1.29, 1.82) is 0 Å². The van der Waals surface area contributed by atoms with E-state index in [1.807, 2.05) is 0 Å². The lowest BCUT2D eigenvalue weighted by Gasteiger charge is -2.38. The van der Waals surface area contributed by atoms with Crippen LogP contribution in [0.25, 0.3) is 11.0 Å². The number of ether oxygens (including phenoxy) is 3. The number of piperidine rings is 1. The maximum atomic E-state index is 12.8. The molecule has 0 saturated carbocycles. The standard InChI is InChI=1S/C23H31N5O6/c1-6-33-20(29)14-13-28(22(31)34-23(2,3)4)12-10-15(14)25-21(30)26-17-9-11-24-16-7-8-18(32-5)27-19(16)17/h7-9,11,14-15H,6,10,12-13H2,1-5H3,(H2,24,25,26,30)/t14-,15+/m1/s1. The predicted octanol–water partition coefficient (Wildman–Crippen LogP) is 2.95. The number of nitrogens with zero attached hydrogens (tertiary/aromatic N) is 3. The number of urea groups is 1. The number of rotatable bonds is 5. The van der Waals surface area contributed by atoms with E-state index in [0.717, 1.165) is 0 Å². The SMILES string of the molecule is CCOC(=O)[C@@H]1CN(C(=O)OC(C)(C)C)CC[C@@H]1NC(=O)Nc1ccnc2ccc(OC)nc12. The molecule has 1 fully saturated rings. The maximum Gasteiger partial charge on any atom is 0.410 e. The van der Waals surface area contributed by atoms with E-state index in [2.05, 4.69) is 20.6 Å². The monoisotopic (exact) mass is 473 g/mol. The van der Waals surface area contributed by atoms with Crippen LogP contribution in [0.1, 0.15) is 34.1 Å². The fraction of sp³-hybridized carbons (Fsp3) is 0.522. The molecule has 0 bridgehead atoms. The smallest absolute Gasteiger partial charge is 0.410 e. The van der Waals surface area contributed by atoms with Crippen LogP contribution in [0.3, 0.4) is 0 Å². The van der Waals surface area contributed by atoms with Gasteiger partial charge < -0.3 is 29.7 Å². The minimum absolute atomic E-state index is 0.0790. The summed E-state index contributed by atoms with van der Waals surface area (Å²) in [6.45, 7) is 7.63. The number of nitrogens with one attached hydrogen (secondary N) is 2. The number of hydrogen-bond acceptors (Lipinski definition) is 8. The summed E-state index contributed by atoms with van der Waals surface area (Å²) in [5.74, 6) is -0.831. The van der Waals surface area contributed by atoms with Gasteiger partial charge in [-0.05, 0) is 46.2 Å². The highest BCUT2D eigenvalue weighted by Gasteiger charge is 2.39. The summed E-state index contributed by atoms with van der Waals surface area (Å²) in [5.41, 5.74) is 0.850.